The standard InChI is InChI=1S/C26H26FN3O7S/c1-35-21-15-18(4-7-20(21)37-16-23(31)29-10-12-36-13-11-29)24(32)28-8-9-30-25(33)22(38-26(30)34)14-17-2-5-19(27)6-3-17/h2-7,14-15H,8-13,16H2,1H3,(H,28,32)/b22-14-. The number of halogens is 1. The van der Waals surface area contributed by atoms with Gasteiger partial charge in [-0.25, -0.2) is 4.39 Å². The van der Waals surface area contributed by atoms with Crippen molar-refractivity contribution in [3.8, 4) is 11.5 Å². The number of ether oxygens (including phenoxy) is 3. The van der Waals surface area contributed by atoms with Gasteiger partial charge in [0, 0.05) is 31.7 Å². The molecule has 2 aromatic rings. The highest BCUT2D eigenvalue weighted by molar-refractivity contribution is 8.18. The number of nitrogens with one attached hydrogen (secondary N) is 1. The lowest BCUT2D eigenvalue weighted by atomic mass is 10.2. The molecule has 0 aromatic heterocycles. The van der Waals surface area contributed by atoms with Crippen molar-refractivity contribution in [1.82, 2.24) is 15.1 Å². The van der Waals surface area contributed by atoms with Crippen molar-refractivity contribution in [3.05, 3.63) is 64.3 Å². The van der Waals surface area contributed by atoms with Crippen LogP contribution >= 0.6 is 11.8 Å². The van der Waals surface area contributed by atoms with Gasteiger partial charge >= 0.3 is 0 Å². The first-order valence-corrected chi connectivity index (χ1v) is 12.6. The Morgan fingerprint density at radius 3 is 2.55 bits per heavy atom. The molecule has 2 aliphatic rings. The lowest BCUT2D eigenvalue weighted by Gasteiger charge is -2.26. The maximum atomic E-state index is 13.1. The Morgan fingerprint density at radius 2 is 1.84 bits per heavy atom. The van der Waals surface area contributed by atoms with Gasteiger partial charge in [0.25, 0.3) is 23.0 Å². The molecule has 200 valence electrons. The fourth-order valence-corrected chi connectivity index (χ4v) is 4.62. The highest BCUT2D eigenvalue weighted by Gasteiger charge is 2.34. The minimum Gasteiger partial charge on any atom is -0.493 e. The Kier molecular flexibility index (Phi) is 8.98. The summed E-state index contributed by atoms with van der Waals surface area (Å²) in [6.07, 6.45) is 1.52. The number of amides is 4. The van der Waals surface area contributed by atoms with Gasteiger partial charge in [0.2, 0.25) is 0 Å². The van der Waals surface area contributed by atoms with Crippen molar-refractivity contribution in [2.75, 3.05) is 53.1 Å². The molecule has 2 fully saturated rings. The maximum Gasteiger partial charge on any atom is 0.293 e. The molecule has 2 aromatic carbocycles. The second kappa shape index (κ2) is 12.6. The van der Waals surface area contributed by atoms with Crippen LogP contribution in [0.25, 0.3) is 6.08 Å². The summed E-state index contributed by atoms with van der Waals surface area (Å²) >= 11 is 0.787. The maximum absolute atomic E-state index is 13.1. The number of thioether (sulfide) groups is 1. The van der Waals surface area contributed by atoms with Gasteiger partial charge in [-0.1, -0.05) is 12.1 Å². The first-order chi connectivity index (χ1) is 18.4. The fourth-order valence-electron chi connectivity index (χ4n) is 3.76. The number of morpholine rings is 1. The van der Waals surface area contributed by atoms with E-state index in [4.69, 9.17) is 14.2 Å². The van der Waals surface area contributed by atoms with Gasteiger partial charge in [0.15, 0.2) is 18.1 Å². The lowest BCUT2D eigenvalue weighted by molar-refractivity contribution is -0.137. The van der Waals surface area contributed by atoms with Crippen molar-refractivity contribution < 1.29 is 37.8 Å². The molecule has 12 heteroatoms. The van der Waals surface area contributed by atoms with E-state index in [1.165, 1.54) is 55.7 Å². The molecule has 4 amide bonds. The number of nitrogens with zero attached hydrogens (tertiary/aromatic N) is 2. The summed E-state index contributed by atoms with van der Waals surface area (Å²) in [7, 11) is 1.42. The number of carbonyl (C=O) groups excluding carboxylic acids is 4. The molecule has 0 aliphatic carbocycles. The number of carbonyl (C=O) groups is 4. The third-order valence-electron chi connectivity index (χ3n) is 5.80. The first-order valence-electron chi connectivity index (χ1n) is 11.8. The number of imide groups is 1. The molecule has 0 bridgehead atoms. The SMILES string of the molecule is COc1cc(C(=O)NCCN2C(=O)S/C(=C\c3ccc(F)cc3)C2=O)ccc1OCC(=O)N1CCOCC1. The number of hydrogen-bond acceptors (Lipinski definition) is 8. The molecule has 2 saturated heterocycles. The van der Waals surface area contributed by atoms with E-state index in [9.17, 15) is 23.6 Å². The van der Waals surface area contributed by atoms with E-state index in [1.807, 2.05) is 0 Å². The van der Waals surface area contributed by atoms with Gasteiger partial charge in [0.1, 0.15) is 5.82 Å². The average Bonchev–Trinajstić information content (AvgIpc) is 3.20. The average molecular weight is 544 g/mol. The monoisotopic (exact) mass is 543 g/mol. The zero-order valence-corrected chi connectivity index (χ0v) is 21.4. The van der Waals surface area contributed by atoms with Crippen molar-refractivity contribution >= 4 is 40.8 Å². The summed E-state index contributed by atoms with van der Waals surface area (Å²) < 4.78 is 29.3. The Hall–Kier alpha value is -3.90. The van der Waals surface area contributed by atoms with Gasteiger partial charge in [-0.3, -0.25) is 24.1 Å². The van der Waals surface area contributed by atoms with E-state index >= 15 is 0 Å². The quantitative estimate of drug-likeness (QED) is 0.480. The zero-order chi connectivity index (χ0) is 27.1. The molecule has 4 rings (SSSR count). The van der Waals surface area contributed by atoms with Crippen LogP contribution in [-0.4, -0.2) is 85.9 Å². The van der Waals surface area contributed by atoms with Crippen LogP contribution in [0.1, 0.15) is 15.9 Å². The van der Waals surface area contributed by atoms with Crippen LogP contribution < -0.4 is 14.8 Å². The van der Waals surface area contributed by atoms with E-state index in [0.717, 1.165) is 16.7 Å². The fraction of sp³-hybridized carbons (Fsp3) is 0.308. The van der Waals surface area contributed by atoms with Crippen LogP contribution in [0, 0.1) is 5.82 Å². The molecule has 2 heterocycles. The van der Waals surface area contributed by atoms with E-state index in [2.05, 4.69) is 5.32 Å². The largest absolute Gasteiger partial charge is 0.493 e. The van der Waals surface area contributed by atoms with Crippen molar-refractivity contribution in [2.45, 2.75) is 0 Å². The Bertz CT molecular complexity index is 1250. The predicted molar refractivity (Wildman–Crippen MR) is 137 cm³/mol. The number of hydrogen-bond donors (Lipinski definition) is 1. The summed E-state index contributed by atoms with van der Waals surface area (Å²) in [5.41, 5.74) is 0.871. The van der Waals surface area contributed by atoms with E-state index in [1.54, 1.807) is 4.90 Å². The smallest absolute Gasteiger partial charge is 0.293 e. The van der Waals surface area contributed by atoms with Gasteiger partial charge in [-0.2, -0.15) is 0 Å². The highest BCUT2D eigenvalue weighted by atomic mass is 32.2. The molecule has 10 nitrogen and oxygen atoms in total. The Balaban J connectivity index is 1.29. The van der Waals surface area contributed by atoms with E-state index < -0.39 is 22.9 Å². The Labute approximate surface area is 222 Å². The number of rotatable bonds is 9. The second-order valence-electron chi connectivity index (χ2n) is 8.29. The minimum absolute atomic E-state index is 0.0147. The molecular weight excluding hydrogens is 517 g/mol. The lowest BCUT2D eigenvalue weighted by Crippen LogP contribution is -2.43. The molecule has 1 N–H and O–H groups in total. The van der Waals surface area contributed by atoms with Crippen LogP contribution in [0.5, 0.6) is 11.5 Å². The number of methoxy groups -OCH3 is 1. The molecule has 0 spiro atoms. The molecule has 0 radical (unpaired) electrons. The third kappa shape index (κ3) is 6.69. The van der Waals surface area contributed by atoms with Crippen LogP contribution in [0.4, 0.5) is 9.18 Å². The molecular formula is C26H26FN3O7S. The minimum atomic E-state index is -0.478. The summed E-state index contributed by atoms with van der Waals surface area (Å²) in [5.74, 6) is -0.885. The van der Waals surface area contributed by atoms with Crippen LogP contribution in [0.15, 0.2) is 47.4 Å². The van der Waals surface area contributed by atoms with Crippen molar-refractivity contribution in [2.24, 2.45) is 0 Å². The van der Waals surface area contributed by atoms with E-state index in [-0.39, 0.29) is 41.8 Å². The van der Waals surface area contributed by atoms with Crippen LogP contribution in [-0.2, 0) is 14.3 Å². The van der Waals surface area contributed by atoms with E-state index in [0.29, 0.717) is 37.6 Å². The summed E-state index contributed by atoms with van der Waals surface area (Å²) in [6.45, 7) is 1.86. The topological polar surface area (TPSA) is 114 Å². The molecule has 0 unspecified atom stereocenters. The molecule has 0 saturated carbocycles. The predicted octanol–water partition coefficient (Wildman–Crippen LogP) is 2.54. The van der Waals surface area contributed by atoms with Gasteiger partial charge in [-0.15, -0.1) is 0 Å². The summed E-state index contributed by atoms with van der Waals surface area (Å²) in [6, 6.07) is 10.1. The first kappa shape index (κ1) is 27.1. The second-order valence-corrected chi connectivity index (χ2v) is 9.28. The van der Waals surface area contributed by atoms with Gasteiger partial charge in [-0.05, 0) is 53.7 Å². The summed E-state index contributed by atoms with van der Waals surface area (Å²) in [4.78, 5) is 52.8. The molecule has 38 heavy (non-hydrogen) atoms. The normalized spacial score (nSPS) is 16.6. The van der Waals surface area contributed by atoms with Crippen LogP contribution in [0.2, 0.25) is 0 Å². The van der Waals surface area contributed by atoms with Crippen LogP contribution in [0.3, 0.4) is 0 Å². The van der Waals surface area contributed by atoms with Gasteiger partial charge < -0.3 is 24.4 Å². The van der Waals surface area contributed by atoms with Crippen molar-refractivity contribution in [3.63, 3.8) is 0 Å². The third-order valence-corrected chi connectivity index (χ3v) is 6.71. The molecule has 0 atom stereocenters. The Morgan fingerprint density at radius 1 is 1.11 bits per heavy atom. The highest BCUT2D eigenvalue weighted by Crippen LogP contribution is 2.32. The zero-order valence-electron chi connectivity index (χ0n) is 20.6. The summed E-state index contributed by atoms with van der Waals surface area (Å²) in [5, 5.41) is 2.23. The van der Waals surface area contributed by atoms with Gasteiger partial charge in [0.05, 0.1) is 25.2 Å². The number of benzene rings is 2. The van der Waals surface area contributed by atoms with Crippen molar-refractivity contribution in [1.29, 1.82) is 0 Å². The molecule has 2 aliphatic heterocycles.